The summed E-state index contributed by atoms with van der Waals surface area (Å²) in [5.41, 5.74) is 1.70. The summed E-state index contributed by atoms with van der Waals surface area (Å²) >= 11 is 1.28. The molecule has 0 aliphatic rings. The molecule has 2 heterocycles. The fraction of sp³-hybridized carbons (Fsp3) is 0.200. The number of hydrogen-bond donors (Lipinski definition) is 2. The SMILES string of the molecule is CC(OC(=O)CCNC(=O)c1ccco1)C(=O)Nc1nc(-c2ccccc2)cs1. The van der Waals surface area contributed by atoms with Gasteiger partial charge in [-0.3, -0.25) is 19.7 Å². The highest BCUT2D eigenvalue weighted by Gasteiger charge is 2.19. The van der Waals surface area contributed by atoms with Crippen LogP contribution in [0.2, 0.25) is 0 Å². The first-order chi connectivity index (χ1) is 14.0. The van der Waals surface area contributed by atoms with Crippen LogP contribution in [-0.4, -0.2) is 35.4 Å². The number of nitrogens with zero attached hydrogens (tertiary/aromatic N) is 1. The van der Waals surface area contributed by atoms with Gasteiger partial charge in [-0.2, -0.15) is 0 Å². The van der Waals surface area contributed by atoms with E-state index in [1.54, 1.807) is 6.07 Å². The number of furan rings is 1. The summed E-state index contributed by atoms with van der Waals surface area (Å²) in [4.78, 5) is 40.2. The quantitative estimate of drug-likeness (QED) is 0.549. The molecular formula is C20H19N3O5S. The van der Waals surface area contributed by atoms with Crippen LogP contribution in [0.3, 0.4) is 0 Å². The molecule has 0 bridgehead atoms. The third-order valence-electron chi connectivity index (χ3n) is 3.84. The predicted octanol–water partition coefficient (Wildman–Crippen LogP) is 3.09. The number of esters is 1. The van der Waals surface area contributed by atoms with Gasteiger partial charge in [-0.25, -0.2) is 4.98 Å². The summed E-state index contributed by atoms with van der Waals surface area (Å²) in [6.07, 6.45) is 0.320. The number of carbonyl (C=O) groups is 3. The first-order valence-electron chi connectivity index (χ1n) is 8.86. The predicted molar refractivity (Wildman–Crippen MR) is 107 cm³/mol. The molecule has 0 aliphatic carbocycles. The van der Waals surface area contributed by atoms with Gasteiger partial charge in [0.15, 0.2) is 17.0 Å². The first kappa shape index (κ1) is 20.3. The fourth-order valence-electron chi connectivity index (χ4n) is 2.36. The van der Waals surface area contributed by atoms with Gasteiger partial charge in [0.25, 0.3) is 11.8 Å². The van der Waals surface area contributed by atoms with Crippen LogP contribution in [0, 0.1) is 0 Å². The molecule has 0 aliphatic heterocycles. The van der Waals surface area contributed by atoms with Crippen LogP contribution < -0.4 is 10.6 Å². The Morgan fingerprint density at radius 1 is 1.17 bits per heavy atom. The van der Waals surface area contributed by atoms with Crippen molar-refractivity contribution in [3.05, 3.63) is 59.9 Å². The Bertz CT molecular complexity index is 969. The lowest BCUT2D eigenvalue weighted by molar-refractivity contribution is -0.153. The summed E-state index contributed by atoms with van der Waals surface area (Å²) in [5, 5.41) is 7.43. The molecule has 0 saturated heterocycles. The molecule has 2 N–H and O–H groups in total. The molecule has 1 unspecified atom stereocenters. The van der Waals surface area contributed by atoms with E-state index in [0.717, 1.165) is 11.3 Å². The van der Waals surface area contributed by atoms with Gasteiger partial charge in [-0.15, -0.1) is 11.3 Å². The lowest BCUT2D eigenvalue weighted by Crippen LogP contribution is -2.32. The molecule has 1 atom stereocenters. The molecule has 0 spiro atoms. The van der Waals surface area contributed by atoms with E-state index in [1.807, 2.05) is 35.7 Å². The van der Waals surface area contributed by atoms with Crippen LogP contribution in [0.1, 0.15) is 23.9 Å². The number of aromatic nitrogens is 1. The van der Waals surface area contributed by atoms with Gasteiger partial charge in [-0.05, 0) is 19.1 Å². The zero-order valence-corrected chi connectivity index (χ0v) is 16.4. The lowest BCUT2D eigenvalue weighted by Gasteiger charge is -2.12. The Hall–Kier alpha value is -3.46. The molecule has 29 heavy (non-hydrogen) atoms. The maximum Gasteiger partial charge on any atom is 0.308 e. The smallest absolute Gasteiger partial charge is 0.308 e. The van der Waals surface area contributed by atoms with E-state index in [-0.39, 0.29) is 18.7 Å². The molecule has 2 amide bonds. The minimum Gasteiger partial charge on any atom is -0.459 e. The van der Waals surface area contributed by atoms with Crippen molar-refractivity contribution < 1.29 is 23.5 Å². The van der Waals surface area contributed by atoms with Crippen molar-refractivity contribution in [2.75, 3.05) is 11.9 Å². The summed E-state index contributed by atoms with van der Waals surface area (Å²) in [6.45, 7) is 1.54. The first-order valence-corrected chi connectivity index (χ1v) is 9.74. The zero-order valence-electron chi connectivity index (χ0n) is 15.6. The minimum absolute atomic E-state index is 0.0691. The minimum atomic E-state index is -0.993. The van der Waals surface area contributed by atoms with Crippen molar-refractivity contribution in [3.8, 4) is 11.3 Å². The zero-order chi connectivity index (χ0) is 20.6. The second-order valence-corrected chi connectivity index (χ2v) is 6.87. The van der Waals surface area contributed by atoms with Crippen molar-refractivity contribution in [2.24, 2.45) is 0 Å². The Kier molecular flexibility index (Phi) is 6.75. The number of hydrogen-bond acceptors (Lipinski definition) is 7. The molecule has 3 rings (SSSR count). The van der Waals surface area contributed by atoms with Crippen molar-refractivity contribution in [1.29, 1.82) is 0 Å². The van der Waals surface area contributed by atoms with Crippen molar-refractivity contribution in [3.63, 3.8) is 0 Å². The van der Waals surface area contributed by atoms with Crippen LogP contribution in [0.5, 0.6) is 0 Å². The van der Waals surface area contributed by atoms with E-state index in [9.17, 15) is 14.4 Å². The fourth-order valence-corrected chi connectivity index (χ4v) is 3.08. The van der Waals surface area contributed by atoms with Crippen molar-refractivity contribution in [1.82, 2.24) is 10.3 Å². The van der Waals surface area contributed by atoms with Crippen LogP contribution >= 0.6 is 11.3 Å². The largest absolute Gasteiger partial charge is 0.459 e. The monoisotopic (exact) mass is 413 g/mol. The molecule has 0 radical (unpaired) electrons. The molecule has 9 heteroatoms. The topological polar surface area (TPSA) is 111 Å². The maximum absolute atomic E-state index is 12.2. The molecule has 150 valence electrons. The van der Waals surface area contributed by atoms with Gasteiger partial charge in [0.2, 0.25) is 0 Å². The average molecular weight is 413 g/mol. The lowest BCUT2D eigenvalue weighted by atomic mass is 10.2. The molecule has 0 saturated carbocycles. The van der Waals surface area contributed by atoms with Crippen LogP contribution in [-0.2, 0) is 14.3 Å². The van der Waals surface area contributed by atoms with Gasteiger partial charge in [0, 0.05) is 17.5 Å². The standard InChI is InChI=1S/C20H19N3O5S/c1-13(28-17(24)9-10-21-19(26)16-8-5-11-27-16)18(25)23-20-22-15(12-29-20)14-6-3-2-4-7-14/h2-8,11-13H,9-10H2,1H3,(H,21,26)(H,22,23,25). The summed E-state index contributed by atoms with van der Waals surface area (Å²) in [6, 6.07) is 12.7. The molecule has 3 aromatic rings. The Morgan fingerprint density at radius 2 is 1.97 bits per heavy atom. The highest BCUT2D eigenvalue weighted by molar-refractivity contribution is 7.14. The average Bonchev–Trinajstić information content (AvgIpc) is 3.41. The molecule has 8 nitrogen and oxygen atoms in total. The molecule has 2 aromatic heterocycles. The number of carbonyl (C=O) groups excluding carboxylic acids is 3. The molecular weight excluding hydrogens is 394 g/mol. The van der Waals surface area contributed by atoms with E-state index in [0.29, 0.717) is 5.13 Å². The van der Waals surface area contributed by atoms with E-state index in [2.05, 4.69) is 15.6 Å². The third-order valence-corrected chi connectivity index (χ3v) is 4.60. The van der Waals surface area contributed by atoms with Gasteiger partial charge in [-0.1, -0.05) is 30.3 Å². The van der Waals surface area contributed by atoms with E-state index >= 15 is 0 Å². The molecule has 1 aromatic carbocycles. The van der Waals surface area contributed by atoms with Gasteiger partial charge in [0.05, 0.1) is 18.4 Å². The third kappa shape index (κ3) is 5.76. The summed E-state index contributed by atoms with van der Waals surface area (Å²) in [7, 11) is 0. The van der Waals surface area contributed by atoms with Crippen LogP contribution in [0.15, 0.2) is 58.5 Å². The number of nitrogens with one attached hydrogen (secondary N) is 2. The van der Waals surface area contributed by atoms with Gasteiger partial charge < -0.3 is 14.5 Å². The van der Waals surface area contributed by atoms with Crippen molar-refractivity contribution in [2.45, 2.75) is 19.4 Å². The number of anilines is 1. The number of thiazole rings is 1. The highest BCUT2D eigenvalue weighted by atomic mass is 32.1. The van der Waals surface area contributed by atoms with E-state index < -0.39 is 23.9 Å². The van der Waals surface area contributed by atoms with E-state index in [4.69, 9.17) is 9.15 Å². The Labute approximate surface area is 170 Å². The second-order valence-electron chi connectivity index (χ2n) is 6.01. The Morgan fingerprint density at radius 3 is 2.69 bits per heavy atom. The maximum atomic E-state index is 12.2. The normalized spacial score (nSPS) is 11.5. The number of rotatable bonds is 8. The number of amides is 2. The number of benzene rings is 1. The highest BCUT2D eigenvalue weighted by Crippen LogP contribution is 2.24. The summed E-state index contributed by atoms with van der Waals surface area (Å²) < 4.78 is 10.0. The van der Waals surface area contributed by atoms with Crippen molar-refractivity contribution >= 4 is 34.3 Å². The van der Waals surface area contributed by atoms with Crippen LogP contribution in [0.4, 0.5) is 5.13 Å². The Balaban J connectivity index is 1.42. The second kappa shape index (κ2) is 9.65. The van der Waals surface area contributed by atoms with Crippen LogP contribution in [0.25, 0.3) is 11.3 Å². The number of ether oxygens (including phenoxy) is 1. The summed E-state index contributed by atoms with van der Waals surface area (Å²) in [5.74, 6) is -1.35. The van der Waals surface area contributed by atoms with Gasteiger partial charge in [0.1, 0.15) is 0 Å². The van der Waals surface area contributed by atoms with Gasteiger partial charge >= 0.3 is 5.97 Å². The van der Waals surface area contributed by atoms with E-state index in [1.165, 1.54) is 30.6 Å². The molecule has 0 fully saturated rings.